The van der Waals surface area contributed by atoms with Gasteiger partial charge in [-0.15, -0.1) is 0 Å². The Labute approximate surface area is 29.6 Å². The minimum absolute atomic E-state index is 1.19. The van der Waals surface area contributed by atoms with Gasteiger partial charge in [-0.2, -0.15) is 0 Å². The summed E-state index contributed by atoms with van der Waals surface area (Å²) >= 11 is -1.19. The molecule has 0 bridgehead atoms. The Kier molecular flexibility index (Phi) is 0.375. The van der Waals surface area contributed by atoms with Crippen molar-refractivity contribution in [3.8, 4) is 0 Å². The van der Waals surface area contributed by atoms with Crippen molar-refractivity contribution >= 4 is 15.0 Å². The quantitative estimate of drug-likeness (QED) is 0.430. The van der Waals surface area contributed by atoms with Crippen LogP contribution >= 0.6 is 0 Å². The van der Waals surface area contributed by atoms with Gasteiger partial charge >= 0.3 is 28.8 Å². The predicted octanol–water partition coefficient (Wildman–Crippen LogP) is -0.382. The Morgan fingerprint density at radius 1 is 1.50 bits per heavy atom. The third-order valence-corrected chi connectivity index (χ3v) is 1.47. The van der Waals surface area contributed by atoms with E-state index in [4.69, 9.17) is 4.10 Å². The number of hydrogen-bond acceptors (Lipinski definition) is 1. The molecular weight excluding hydrogens is 115 g/mol. The molecule has 1 rings (SSSR count). The maximum atomic E-state index is 8.20. The van der Waals surface area contributed by atoms with Crippen LogP contribution in [0.15, 0.2) is 9.73 Å². The fourth-order valence-corrected chi connectivity index (χ4v) is 0.805. The zero-order chi connectivity index (χ0) is 2.99. The first-order valence-electron chi connectivity index (χ1n) is 1.05. The molecule has 0 amide bonds. The van der Waals surface area contributed by atoms with Gasteiger partial charge in [0.2, 0.25) is 0 Å². The number of hydrogen-bond donors (Lipinski definition) is 1. The van der Waals surface area contributed by atoms with Crippen LogP contribution in [0.1, 0.15) is 0 Å². The van der Waals surface area contributed by atoms with Crippen LogP contribution < -0.4 is 0 Å². The van der Waals surface area contributed by atoms with Crippen LogP contribution in [-0.2, 0) is 0 Å². The Balaban J connectivity index is 2.32. The fraction of sp³-hybridized carbons (Fsp3) is 0. The van der Waals surface area contributed by atoms with Crippen molar-refractivity contribution in [2.45, 2.75) is 0 Å². The van der Waals surface area contributed by atoms with E-state index in [0.29, 0.717) is 0 Å². The van der Waals surface area contributed by atoms with Crippen molar-refractivity contribution < 1.29 is 4.10 Å². The Bertz CT molecular complexity index is 44.0. The molecule has 1 aliphatic rings. The first-order valence-corrected chi connectivity index (χ1v) is 4.06. The zero-order valence-electron chi connectivity index (χ0n) is 2.05. The van der Waals surface area contributed by atoms with Crippen molar-refractivity contribution in [1.29, 1.82) is 0 Å². The summed E-state index contributed by atoms with van der Waals surface area (Å²) in [4.78, 5) is 3.74. The summed E-state index contributed by atoms with van der Waals surface area (Å²) in [6.45, 7) is 0. The van der Waals surface area contributed by atoms with Gasteiger partial charge in [0.15, 0.2) is 0 Å². The van der Waals surface area contributed by atoms with E-state index in [9.17, 15) is 0 Å². The first kappa shape index (κ1) is 2.49. The van der Waals surface area contributed by atoms with Crippen LogP contribution in [0.25, 0.3) is 0 Å². The second-order valence-corrected chi connectivity index (χ2v) is 3.52. The van der Waals surface area contributed by atoms with Gasteiger partial charge in [0, 0.05) is 0 Å². The van der Waals surface area contributed by atoms with Gasteiger partial charge in [0.1, 0.15) is 0 Å². The standard InChI is InChI=1S/C2H3AsO/c4-3-1-2-3/h1-2,4H. The summed E-state index contributed by atoms with van der Waals surface area (Å²) in [5.41, 5.74) is 0. The van der Waals surface area contributed by atoms with Gasteiger partial charge < -0.3 is 0 Å². The van der Waals surface area contributed by atoms with E-state index in [-0.39, 0.29) is 0 Å². The molecule has 1 heterocycles. The van der Waals surface area contributed by atoms with Crippen molar-refractivity contribution in [2.24, 2.45) is 0 Å². The van der Waals surface area contributed by atoms with Crippen LogP contribution in [0.4, 0.5) is 0 Å². The van der Waals surface area contributed by atoms with Gasteiger partial charge in [-0.05, 0) is 0 Å². The maximum absolute atomic E-state index is 8.20. The predicted molar refractivity (Wildman–Crippen MR) is 17.1 cm³/mol. The van der Waals surface area contributed by atoms with Crippen molar-refractivity contribution in [3.63, 3.8) is 0 Å². The van der Waals surface area contributed by atoms with Gasteiger partial charge in [-0.3, -0.25) is 0 Å². The average molecular weight is 118 g/mol. The van der Waals surface area contributed by atoms with Crippen molar-refractivity contribution in [2.75, 3.05) is 0 Å². The molecule has 1 N–H and O–H groups in total. The second-order valence-electron chi connectivity index (χ2n) is 0.678. The summed E-state index contributed by atoms with van der Waals surface area (Å²) in [7, 11) is 0. The van der Waals surface area contributed by atoms with Crippen LogP contribution in [0, 0.1) is 0 Å². The van der Waals surface area contributed by atoms with E-state index in [2.05, 4.69) is 0 Å². The van der Waals surface area contributed by atoms with Gasteiger partial charge in [-0.25, -0.2) is 0 Å². The molecule has 1 nitrogen and oxygen atoms in total. The van der Waals surface area contributed by atoms with Crippen LogP contribution in [0.2, 0.25) is 0 Å². The Morgan fingerprint density at radius 3 is 1.75 bits per heavy atom. The molecule has 1 aliphatic heterocycles. The summed E-state index contributed by atoms with van der Waals surface area (Å²) < 4.78 is 8.20. The van der Waals surface area contributed by atoms with E-state index in [0.717, 1.165) is 0 Å². The molecule has 0 saturated heterocycles. The summed E-state index contributed by atoms with van der Waals surface area (Å²) in [6, 6.07) is 0. The molecule has 0 atom stereocenters. The van der Waals surface area contributed by atoms with E-state index < -0.39 is 15.0 Å². The first-order chi connectivity index (χ1) is 1.89. The monoisotopic (exact) mass is 118 g/mol. The van der Waals surface area contributed by atoms with Crippen molar-refractivity contribution in [3.05, 3.63) is 9.73 Å². The SMILES string of the molecule is O[As]1C=C1. The van der Waals surface area contributed by atoms with E-state index in [1.807, 2.05) is 9.73 Å². The van der Waals surface area contributed by atoms with Crippen LogP contribution in [0.5, 0.6) is 0 Å². The molecule has 0 unspecified atom stereocenters. The molecule has 22 valence electrons. The van der Waals surface area contributed by atoms with Gasteiger partial charge in [0.05, 0.1) is 0 Å². The summed E-state index contributed by atoms with van der Waals surface area (Å²) in [6.07, 6.45) is 0. The molecular formula is C2H3AsO. The molecule has 0 fully saturated rings. The fourth-order valence-electron chi connectivity index (χ4n) is 0.0298. The average Bonchev–Trinajstić information content (AvgIpc) is 1.75. The third-order valence-electron chi connectivity index (χ3n) is 0.282. The van der Waals surface area contributed by atoms with E-state index in [1.165, 1.54) is 0 Å². The second kappa shape index (κ2) is 0.601. The topological polar surface area (TPSA) is 20.2 Å². The molecule has 0 aromatic rings. The van der Waals surface area contributed by atoms with E-state index in [1.54, 1.807) is 0 Å². The molecule has 0 aromatic carbocycles. The number of rotatable bonds is 0. The molecule has 0 spiro atoms. The van der Waals surface area contributed by atoms with Crippen molar-refractivity contribution in [1.82, 2.24) is 0 Å². The molecule has 0 radical (unpaired) electrons. The van der Waals surface area contributed by atoms with E-state index >= 15 is 0 Å². The molecule has 0 aliphatic carbocycles. The molecule has 2 heteroatoms. The molecule has 0 saturated carbocycles. The normalized spacial score (nSPS) is 22.2. The van der Waals surface area contributed by atoms with Gasteiger partial charge in [0.25, 0.3) is 0 Å². The van der Waals surface area contributed by atoms with Crippen LogP contribution in [-0.4, -0.2) is 19.1 Å². The summed E-state index contributed by atoms with van der Waals surface area (Å²) in [5, 5.41) is 0. The third kappa shape index (κ3) is 0.337. The summed E-state index contributed by atoms with van der Waals surface area (Å²) in [5.74, 6) is 0. The Morgan fingerprint density at radius 2 is 1.75 bits per heavy atom. The minimum atomic E-state index is -1.19. The van der Waals surface area contributed by atoms with Gasteiger partial charge in [-0.1, -0.05) is 0 Å². The molecule has 0 aromatic heterocycles. The molecule has 4 heavy (non-hydrogen) atoms. The van der Waals surface area contributed by atoms with Crippen LogP contribution in [0.3, 0.4) is 0 Å². The zero-order valence-corrected chi connectivity index (χ0v) is 3.93. The Hall–Kier alpha value is 0.258.